The Morgan fingerprint density at radius 1 is 1.47 bits per heavy atom. The van der Waals surface area contributed by atoms with E-state index < -0.39 is 0 Å². The molecule has 0 amide bonds. The molecule has 0 spiro atoms. The normalized spacial score (nSPS) is 12.8. The molecule has 1 rings (SSSR count). The summed E-state index contributed by atoms with van der Waals surface area (Å²) >= 11 is 0. The Labute approximate surface area is 104 Å². The molecule has 0 bridgehead atoms. The van der Waals surface area contributed by atoms with Gasteiger partial charge in [-0.15, -0.1) is 0 Å². The van der Waals surface area contributed by atoms with Crippen LogP contribution in [0.15, 0.2) is 18.3 Å². The molecule has 0 aliphatic heterocycles. The van der Waals surface area contributed by atoms with Gasteiger partial charge in [-0.3, -0.25) is 4.98 Å². The van der Waals surface area contributed by atoms with Crippen molar-refractivity contribution in [3.05, 3.63) is 24.0 Å². The Balaban J connectivity index is 2.86. The summed E-state index contributed by atoms with van der Waals surface area (Å²) in [7, 11) is 5.82. The highest BCUT2D eigenvalue weighted by molar-refractivity contribution is 5.29. The van der Waals surface area contributed by atoms with Gasteiger partial charge in [-0.25, -0.2) is 0 Å². The Bertz CT molecular complexity index is 328. The fraction of sp³-hybridized carbons (Fsp3) is 0.615. The van der Waals surface area contributed by atoms with Crippen molar-refractivity contribution in [1.29, 1.82) is 0 Å². The number of aromatic nitrogens is 1. The number of nitrogens with one attached hydrogen (secondary N) is 1. The molecule has 1 unspecified atom stereocenters. The van der Waals surface area contributed by atoms with Crippen LogP contribution in [0, 0.1) is 0 Å². The van der Waals surface area contributed by atoms with E-state index in [1.54, 1.807) is 7.11 Å². The number of hydrogen-bond acceptors (Lipinski definition) is 4. The number of ether oxygens (including phenoxy) is 1. The maximum atomic E-state index is 5.37. The monoisotopic (exact) mass is 237 g/mol. The molecule has 0 aliphatic rings. The van der Waals surface area contributed by atoms with E-state index >= 15 is 0 Å². The molecule has 0 aromatic carbocycles. The van der Waals surface area contributed by atoms with Crippen LogP contribution >= 0.6 is 0 Å². The summed E-state index contributed by atoms with van der Waals surface area (Å²) in [6.45, 7) is 4.06. The number of methoxy groups -OCH3 is 1. The standard InChI is InChI=1S/C13H23N3O/c1-5-8-14-11(10-16(2)3)13-12(17-4)7-6-9-15-13/h6-7,9,11,14H,5,8,10H2,1-4H3. The summed E-state index contributed by atoms with van der Waals surface area (Å²) in [5.74, 6) is 0.850. The first-order valence-corrected chi connectivity index (χ1v) is 6.06. The van der Waals surface area contributed by atoms with Crippen molar-refractivity contribution in [2.24, 2.45) is 0 Å². The van der Waals surface area contributed by atoms with Crippen LogP contribution in [0.4, 0.5) is 0 Å². The number of nitrogens with zero attached hydrogens (tertiary/aromatic N) is 2. The first-order chi connectivity index (χ1) is 8.19. The van der Waals surface area contributed by atoms with Gasteiger partial charge in [0.25, 0.3) is 0 Å². The highest BCUT2D eigenvalue weighted by Gasteiger charge is 2.17. The van der Waals surface area contributed by atoms with Crippen molar-refractivity contribution in [3.8, 4) is 5.75 Å². The van der Waals surface area contributed by atoms with E-state index in [0.717, 1.165) is 31.0 Å². The van der Waals surface area contributed by atoms with E-state index in [9.17, 15) is 0 Å². The van der Waals surface area contributed by atoms with Crippen LogP contribution in [0.5, 0.6) is 5.75 Å². The first kappa shape index (κ1) is 13.9. The fourth-order valence-electron chi connectivity index (χ4n) is 1.77. The van der Waals surface area contributed by atoms with Gasteiger partial charge in [-0.1, -0.05) is 6.92 Å². The minimum atomic E-state index is 0.209. The molecule has 0 saturated carbocycles. The molecule has 1 N–H and O–H groups in total. The lowest BCUT2D eigenvalue weighted by Gasteiger charge is -2.23. The summed E-state index contributed by atoms with van der Waals surface area (Å²) in [6.07, 6.45) is 2.92. The van der Waals surface area contributed by atoms with E-state index in [4.69, 9.17) is 4.74 Å². The minimum Gasteiger partial charge on any atom is -0.495 e. The van der Waals surface area contributed by atoms with E-state index in [-0.39, 0.29) is 6.04 Å². The summed E-state index contributed by atoms with van der Waals surface area (Å²) < 4.78 is 5.37. The molecule has 0 saturated heterocycles. The fourth-order valence-corrected chi connectivity index (χ4v) is 1.77. The van der Waals surface area contributed by atoms with Crippen LogP contribution < -0.4 is 10.1 Å². The average Bonchev–Trinajstić information content (AvgIpc) is 2.34. The van der Waals surface area contributed by atoms with Gasteiger partial charge in [0.15, 0.2) is 0 Å². The molecular weight excluding hydrogens is 214 g/mol. The van der Waals surface area contributed by atoms with Crippen molar-refractivity contribution in [2.75, 3.05) is 34.3 Å². The van der Waals surface area contributed by atoms with E-state index in [1.807, 2.05) is 18.3 Å². The maximum Gasteiger partial charge on any atom is 0.142 e. The van der Waals surface area contributed by atoms with Gasteiger partial charge >= 0.3 is 0 Å². The van der Waals surface area contributed by atoms with Crippen molar-refractivity contribution >= 4 is 0 Å². The molecule has 0 aliphatic carbocycles. The molecule has 17 heavy (non-hydrogen) atoms. The molecule has 1 atom stereocenters. The lowest BCUT2D eigenvalue weighted by molar-refractivity contribution is 0.326. The van der Waals surface area contributed by atoms with Crippen molar-refractivity contribution < 1.29 is 4.74 Å². The first-order valence-electron chi connectivity index (χ1n) is 6.06. The van der Waals surface area contributed by atoms with E-state index in [2.05, 4.69) is 36.2 Å². The summed E-state index contributed by atoms with van der Waals surface area (Å²) in [6, 6.07) is 4.06. The van der Waals surface area contributed by atoms with Gasteiger partial charge in [0.2, 0.25) is 0 Å². The molecule has 0 radical (unpaired) electrons. The highest BCUT2D eigenvalue weighted by Crippen LogP contribution is 2.22. The van der Waals surface area contributed by atoms with Crippen molar-refractivity contribution in [1.82, 2.24) is 15.2 Å². The van der Waals surface area contributed by atoms with Crippen LogP contribution in [0.3, 0.4) is 0 Å². The minimum absolute atomic E-state index is 0.209. The topological polar surface area (TPSA) is 37.4 Å². The predicted molar refractivity (Wildman–Crippen MR) is 70.4 cm³/mol. The zero-order valence-electron chi connectivity index (χ0n) is 11.2. The van der Waals surface area contributed by atoms with E-state index in [0.29, 0.717) is 0 Å². The van der Waals surface area contributed by atoms with Gasteiger partial charge in [-0.2, -0.15) is 0 Å². The molecule has 0 fully saturated rings. The average molecular weight is 237 g/mol. The third kappa shape index (κ3) is 4.32. The van der Waals surface area contributed by atoms with Gasteiger partial charge in [0, 0.05) is 12.7 Å². The molecule has 1 aromatic rings. The number of likely N-dealkylation sites (N-methyl/N-ethyl adjacent to an activating group) is 1. The number of rotatable bonds is 7. The third-order valence-electron chi connectivity index (χ3n) is 2.54. The Morgan fingerprint density at radius 3 is 2.82 bits per heavy atom. The van der Waals surface area contributed by atoms with Crippen molar-refractivity contribution in [2.45, 2.75) is 19.4 Å². The predicted octanol–water partition coefficient (Wildman–Crippen LogP) is 1.69. The molecule has 96 valence electrons. The second-order valence-corrected chi connectivity index (χ2v) is 4.36. The quantitative estimate of drug-likeness (QED) is 0.783. The molecule has 4 heteroatoms. The summed E-state index contributed by atoms with van der Waals surface area (Å²) in [4.78, 5) is 6.60. The molecule has 1 aromatic heterocycles. The largest absolute Gasteiger partial charge is 0.495 e. The zero-order chi connectivity index (χ0) is 12.7. The van der Waals surface area contributed by atoms with Crippen LogP contribution in [-0.4, -0.2) is 44.2 Å². The van der Waals surface area contributed by atoms with Crippen LogP contribution in [-0.2, 0) is 0 Å². The van der Waals surface area contributed by atoms with Gasteiger partial charge < -0.3 is 15.0 Å². The number of hydrogen-bond donors (Lipinski definition) is 1. The van der Waals surface area contributed by atoms with Crippen molar-refractivity contribution in [3.63, 3.8) is 0 Å². The van der Waals surface area contributed by atoms with Gasteiger partial charge in [-0.05, 0) is 39.2 Å². The maximum absolute atomic E-state index is 5.37. The summed E-state index contributed by atoms with van der Waals surface area (Å²) in [5, 5.41) is 3.51. The zero-order valence-corrected chi connectivity index (χ0v) is 11.2. The van der Waals surface area contributed by atoms with Crippen LogP contribution in [0.2, 0.25) is 0 Å². The van der Waals surface area contributed by atoms with Gasteiger partial charge in [0.1, 0.15) is 11.4 Å². The Hall–Kier alpha value is -1.13. The lowest BCUT2D eigenvalue weighted by Crippen LogP contribution is -2.32. The third-order valence-corrected chi connectivity index (χ3v) is 2.54. The molecule has 1 heterocycles. The van der Waals surface area contributed by atoms with Crippen LogP contribution in [0.25, 0.3) is 0 Å². The second-order valence-electron chi connectivity index (χ2n) is 4.36. The Morgan fingerprint density at radius 2 is 2.24 bits per heavy atom. The summed E-state index contributed by atoms with van der Waals surface area (Å²) in [5.41, 5.74) is 0.983. The smallest absolute Gasteiger partial charge is 0.142 e. The lowest BCUT2D eigenvalue weighted by atomic mass is 10.1. The SMILES string of the molecule is CCCNC(CN(C)C)c1ncccc1OC. The van der Waals surface area contributed by atoms with E-state index in [1.165, 1.54) is 0 Å². The molecule has 4 nitrogen and oxygen atoms in total. The number of pyridine rings is 1. The Kier molecular flexibility index (Phi) is 5.94. The van der Waals surface area contributed by atoms with Crippen LogP contribution in [0.1, 0.15) is 25.1 Å². The second kappa shape index (κ2) is 7.25. The van der Waals surface area contributed by atoms with Gasteiger partial charge in [0.05, 0.1) is 13.2 Å². The highest BCUT2D eigenvalue weighted by atomic mass is 16.5. The molecular formula is C13H23N3O.